The summed E-state index contributed by atoms with van der Waals surface area (Å²) in [5, 5.41) is 13.8. The second-order valence-electron chi connectivity index (χ2n) is 18.2. The summed E-state index contributed by atoms with van der Waals surface area (Å²) in [7, 11) is 0. The molecule has 4 aromatic rings. The first-order chi connectivity index (χ1) is 24.6. The van der Waals surface area contributed by atoms with Crippen LogP contribution in [0.4, 0.5) is 0 Å². The fraction of sp³-hybridized carbons (Fsp3) is 0.571. The van der Waals surface area contributed by atoms with Gasteiger partial charge in [-0.05, 0) is 83.4 Å². The van der Waals surface area contributed by atoms with Crippen LogP contribution in [0.15, 0.2) is 48.2 Å². The zero-order valence-electron chi connectivity index (χ0n) is 36.6. The molecule has 0 saturated heterocycles. The summed E-state index contributed by atoms with van der Waals surface area (Å²) in [5.74, 6) is 2.63. The van der Waals surface area contributed by atoms with E-state index in [4.69, 9.17) is 9.97 Å². The number of carbonyl (C=O) groups excluding carboxylic acids is 1. The molecule has 54 heavy (non-hydrogen) atoms. The molecule has 0 aliphatic rings. The van der Waals surface area contributed by atoms with Gasteiger partial charge in [0, 0.05) is 48.3 Å². The Bertz CT molecular complexity index is 1900. The molecule has 0 amide bonds. The van der Waals surface area contributed by atoms with E-state index in [-0.39, 0.29) is 53.8 Å². The van der Waals surface area contributed by atoms with Crippen LogP contribution in [0, 0.1) is 35.7 Å². The Labute approximate surface area is 342 Å². The SMILES string of the molecule is CCC(C)(CC)C(=O)/C=C(\O)C(C)(CC)CC.Cc1[c-]c(-c2nc(C(C)C)nc3c2ccc2cc(CC(C)C)cc(CC(C)C)c23)cc(C(C)(C)C)c1.[Ir]. The average Bonchev–Trinajstić information content (AvgIpc) is 3.08. The Morgan fingerprint density at radius 1 is 0.796 bits per heavy atom. The third-order valence-electron chi connectivity index (χ3n) is 11.5. The summed E-state index contributed by atoms with van der Waals surface area (Å²) in [4.78, 5) is 22.5. The van der Waals surface area contributed by atoms with Crippen molar-refractivity contribution in [3.63, 3.8) is 0 Å². The van der Waals surface area contributed by atoms with Gasteiger partial charge >= 0.3 is 0 Å². The van der Waals surface area contributed by atoms with Gasteiger partial charge in [-0.25, -0.2) is 4.98 Å². The van der Waals surface area contributed by atoms with E-state index in [0.29, 0.717) is 11.8 Å². The van der Waals surface area contributed by atoms with E-state index < -0.39 is 0 Å². The normalized spacial score (nSPS) is 12.8. The number of nitrogens with zero attached hydrogens (tertiary/aromatic N) is 2. The van der Waals surface area contributed by atoms with E-state index in [1.807, 2.05) is 41.5 Å². The third kappa shape index (κ3) is 11.3. The van der Waals surface area contributed by atoms with Gasteiger partial charge < -0.3 is 5.11 Å². The molecule has 4 nitrogen and oxygen atoms in total. The number of rotatable bonds is 13. The smallest absolute Gasteiger partial charge is 0.164 e. The van der Waals surface area contributed by atoms with Gasteiger partial charge in [0.05, 0.1) is 5.52 Å². The minimum Gasteiger partial charge on any atom is -0.512 e. The van der Waals surface area contributed by atoms with Gasteiger partial charge in [0.15, 0.2) is 5.78 Å². The Hall–Kier alpha value is -2.88. The van der Waals surface area contributed by atoms with E-state index in [9.17, 15) is 9.90 Å². The molecule has 1 radical (unpaired) electrons. The van der Waals surface area contributed by atoms with Gasteiger partial charge in [-0.2, -0.15) is 0 Å². The van der Waals surface area contributed by atoms with Crippen molar-refractivity contribution in [2.24, 2.45) is 22.7 Å². The van der Waals surface area contributed by atoms with Crippen LogP contribution in [-0.4, -0.2) is 20.9 Å². The number of benzene rings is 3. The molecule has 3 aromatic carbocycles. The van der Waals surface area contributed by atoms with Crippen LogP contribution in [-0.2, 0) is 43.2 Å². The van der Waals surface area contributed by atoms with Crippen molar-refractivity contribution in [2.45, 2.75) is 161 Å². The molecule has 0 fully saturated rings. The summed E-state index contributed by atoms with van der Waals surface area (Å²) in [6.45, 7) is 34.6. The minimum absolute atomic E-state index is 0. The maximum atomic E-state index is 12.2. The molecule has 0 spiro atoms. The Morgan fingerprint density at radius 2 is 1.37 bits per heavy atom. The van der Waals surface area contributed by atoms with Gasteiger partial charge in [0.25, 0.3) is 0 Å². The van der Waals surface area contributed by atoms with Crippen LogP contribution in [0.5, 0.6) is 0 Å². The van der Waals surface area contributed by atoms with Crippen molar-refractivity contribution in [3.05, 3.63) is 82.4 Å². The van der Waals surface area contributed by atoms with Crippen molar-refractivity contribution in [1.29, 1.82) is 0 Å². The molecular formula is C49H71IrN2O2-. The second kappa shape index (κ2) is 19.3. The Kier molecular flexibility index (Phi) is 16.9. The number of aromatic nitrogens is 2. The molecule has 0 unspecified atom stereocenters. The standard InChI is InChI=1S/C34H43N2.C15H28O2.Ir/c1-20(2)13-24-17-25-11-12-29-31(27-15-23(7)16-28(19-27)34(8,9)10)35-33(22(5)6)36-32(29)30(25)26(18-24)14-21(3)4;1-7-14(5,8-2)12(16)11-13(17)15(6,9-3)10-4;/h11-12,16-22H,13-14H2,1-10H3;11,16H,7-10H2,1-6H3;/q-1;;/b;12-11-;. The van der Waals surface area contributed by atoms with Crippen LogP contribution >= 0.6 is 0 Å². The fourth-order valence-electron chi connectivity index (χ4n) is 6.84. The maximum absolute atomic E-state index is 12.2. The van der Waals surface area contributed by atoms with E-state index in [0.717, 1.165) is 72.1 Å². The van der Waals surface area contributed by atoms with Gasteiger partial charge in [-0.1, -0.05) is 135 Å². The summed E-state index contributed by atoms with van der Waals surface area (Å²) < 4.78 is 0. The van der Waals surface area contributed by atoms with E-state index in [1.165, 1.54) is 33.5 Å². The number of aryl methyl sites for hydroxylation is 1. The third-order valence-corrected chi connectivity index (χ3v) is 11.5. The molecule has 1 N–H and O–H groups in total. The number of allylic oxidation sites excluding steroid dienone is 2. The molecule has 0 aliphatic heterocycles. The van der Waals surface area contributed by atoms with Gasteiger partial charge in [-0.3, -0.25) is 9.78 Å². The van der Waals surface area contributed by atoms with Crippen molar-refractivity contribution < 1.29 is 30.0 Å². The molecule has 299 valence electrons. The Balaban J connectivity index is 0.000000477. The largest absolute Gasteiger partial charge is 0.512 e. The van der Waals surface area contributed by atoms with E-state index in [1.54, 1.807) is 0 Å². The van der Waals surface area contributed by atoms with Gasteiger partial charge in [0.2, 0.25) is 0 Å². The number of carbonyl (C=O) groups is 1. The topological polar surface area (TPSA) is 63.1 Å². The predicted octanol–water partition coefficient (Wildman–Crippen LogP) is 14.0. The summed E-state index contributed by atoms with van der Waals surface area (Å²) >= 11 is 0. The van der Waals surface area contributed by atoms with Gasteiger partial charge in [-0.15, -0.1) is 34.9 Å². The minimum atomic E-state index is -0.337. The van der Waals surface area contributed by atoms with E-state index >= 15 is 0 Å². The fourth-order valence-corrected chi connectivity index (χ4v) is 6.84. The van der Waals surface area contributed by atoms with Crippen LogP contribution in [0.1, 0.15) is 164 Å². The molecule has 0 atom stereocenters. The van der Waals surface area contributed by atoms with Crippen molar-refractivity contribution in [1.82, 2.24) is 9.97 Å². The monoisotopic (exact) mass is 913 g/mol. The van der Waals surface area contributed by atoms with Crippen molar-refractivity contribution in [2.75, 3.05) is 0 Å². The summed E-state index contributed by atoms with van der Waals surface area (Å²) in [6.07, 6.45) is 6.89. The average molecular weight is 912 g/mol. The Morgan fingerprint density at radius 3 is 1.87 bits per heavy atom. The second-order valence-corrected chi connectivity index (χ2v) is 18.2. The first kappa shape index (κ1) is 47.3. The molecule has 5 heteroatoms. The molecule has 1 heterocycles. The molecule has 0 aliphatic carbocycles. The summed E-state index contributed by atoms with van der Waals surface area (Å²) in [5.41, 5.74) is 7.90. The van der Waals surface area contributed by atoms with E-state index in [2.05, 4.69) is 112 Å². The first-order valence-corrected chi connectivity index (χ1v) is 20.4. The molecule has 1 aromatic heterocycles. The molecule has 0 saturated carbocycles. The number of hydrogen-bond donors (Lipinski definition) is 1. The van der Waals surface area contributed by atoms with Crippen LogP contribution in [0.3, 0.4) is 0 Å². The zero-order valence-corrected chi connectivity index (χ0v) is 39.0. The van der Waals surface area contributed by atoms with Crippen LogP contribution < -0.4 is 0 Å². The van der Waals surface area contributed by atoms with Crippen LogP contribution in [0.2, 0.25) is 0 Å². The maximum Gasteiger partial charge on any atom is 0.164 e. The van der Waals surface area contributed by atoms with Crippen molar-refractivity contribution >= 4 is 27.5 Å². The zero-order chi connectivity index (χ0) is 40.1. The van der Waals surface area contributed by atoms with Gasteiger partial charge in [0.1, 0.15) is 11.6 Å². The van der Waals surface area contributed by atoms with Crippen molar-refractivity contribution in [3.8, 4) is 11.3 Å². The molecular weight excluding hydrogens is 841 g/mol. The quantitative estimate of drug-likeness (QED) is 0.0628. The predicted molar refractivity (Wildman–Crippen MR) is 229 cm³/mol. The number of hydrogen-bond acceptors (Lipinski definition) is 4. The number of ketones is 1. The van der Waals surface area contributed by atoms with Crippen LogP contribution in [0.25, 0.3) is 32.9 Å². The summed E-state index contributed by atoms with van der Waals surface area (Å²) in [6, 6.07) is 17.5. The molecule has 0 bridgehead atoms. The number of fused-ring (bicyclic) bond motifs is 3. The number of aliphatic hydroxyl groups is 1. The number of aliphatic hydroxyl groups excluding tert-OH is 1. The molecule has 4 rings (SSSR count). The first-order valence-electron chi connectivity index (χ1n) is 20.4.